The van der Waals surface area contributed by atoms with Gasteiger partial charge in [0.05, 0.1) is 12.7 Å². The summed E-state index contributed by atoms with van der Waals surface area (Å²) in [7, 11) is 1.40. The topological polar surface area (TPSA) is 106 Å². The van der Waals surface area contributed by atoms with Crippen molar-refractivity contribution in [1.82, 2.24) is 0 Å². The van der Waals surface area contributed by atoms with Gasteiger partial charge in [-0.25, -0.2) is 9.59 Å². The van der Waals surface area contributed by atoms with Gasteiger partial charge in [0, 0.05) is 29.2 Å². The molecule has 0 fully saturated rings. The SMILES string of the molecule is COc1cc2oc(=O)ccc2cc1[C@@H](O)[C@H](OC(=O)C=C(C)C)C(C)(C)O. The van der Waals surface area contributed by atoms with Crippen LogP contribution in [-0.2, 0) is 9.53 Å². The van der Waals surface area contributed by atoms with Crippen molar-refractivity contribution in [2.75, 3.05) is 7.11 Å². The maximum Gasteiger partial charge on any atom is 0.336 e. The molecule has 0 unspecified atom stereocenters. The van der Waals surface area contributed by atoms with Crippen LogP contribution >= 0.6 is 0 Å². The second-order valence-electron chi connectivity index (χ2n) is 7.06. The van der Waals surface area contributed by atoms with E-state index in [4.69, 9.17) is 13.9 Å². The van der Waals surface area contributed by atoms with Crippen LogP contribution in [0.1, 0.15) is 39.4 Å². The fourth-order valence-corrected chi connectivity index (χ4v) is 2.68. The predicted molar refractivity (Wildman–Crippen MR) is 99.6 cm³/mol. The second-order valence-corrected chi connectivity index (χ2v) is 7.06. The molecule has 1 aromatic carbocycles. The first-order valence-corrected chi connectivity index (χ1v) is 8.40. The van der Waals surface area contributed by atoms with Crippen molar-refractivity contribution in [3.05, 3.63) is 51.9 Å². The Morgan fingerprint density at radius 1 is 1.26 bits per heavy atom. The van der Waals surface area contributed by atoms with Crippen molar-refractivity contribution in [3.63, 3.8) is 0 Å². The lowest BCUT2D eigenvalue weighted by Gasteiger charge is -2.33. The van der Waals surface area contributed by atoms with Crippen LogP contribution in [0.3, 0.4) is 0 Å². The highest BCUT2D eigenvalue weighted by molar-refractivity contribution is 5.83. The molecule has 1 aromatic heterocycles. The van der Waals surface area contributed by atoms with E-state index in [-0.39, 0.29) is 16.9 Å². The van der Waals surface area contributed by atoms with Gasteiger partial charge in [0.2, 0.25) is 0 Å². The zero-order chi connectivity index (χ0) is 20.4. The third-order valence-electron chi connectivity index (χ3n) is 3.92. The highest BCUT2D eigenvalue weighted by Gasteiger charge is 2.38. The van der Waals surface area contributed by atoms with Crippen LogP contribution in [0.4, 0.5) is 0 Å². The number of fused-ring (bicyclic) bond motifs is 1. The Labute approximate surface area is 156 Å². The molecule has 146 valence electrons. The first kappa shape index (κ1) is 20.7. The lowest BCUT2D eigenvalue weighted by Crippen LogP contribution is -2.43. The number of ether oxygens (including phenoxy) is 2. The average molecular weight is 376 g/mol. The molecule has 7 heteroatoms. The fraction of sp³-hybridized carbons (Fsp3) is 0.400. The van der Waals surface area contributed by atoms with Gasteiger partial charge in [-0.15, -0.1) is 0 Å². The largest absolute Gasteiger partial charge is 0.496 e. The molecule has 0 aliphatic heterocycles. The molecule has 2 N–H and O–H groups in total. The van der Waals surface area contributed by atoms with Crippen LogP contribution in [0.15, 0.2) is 45.1 Å². The van der Waals surface area contributed by atoms with Crippen LogP contribution in [0.2, 0.25) is 0 Å². The molecule has 2 rings (SSSR count). The summed E-state index contributed by atoms with van der Waals surface area (Å²) in [6.07, 6.45) is -1.37. The predicted octanol–water partition coefficient (Wildman–Crippen LogP) is 2.48. The molecule has 0 aliphatic carbocycles. The van der Waals surface area contributed by atoms with Crippen LogP contribution < -0.4 is 10.4 Å². The summed E-state index contributed by atoms with van der Waals surface area (Å²) < 4.78 is 15.7. The summed E-state index contributed by atoms with van der Waals surface area (Å²) in [6.45, 7) is 6.33. The molecule has 7 nitrogen and oxygen atoms in total. The highest BCUT2D eigenvalue weighted by atomic mass is 16.6. The van der Waals surface area contributed by atoms with E-state index in [0.29, 0.717) is 5.39 Å². The Morgan fingerprint density at radius 3 is 2.48 bits per heavy atom. The number of carbonyl (C=O) groups excluding carboxylic acids is 1. The van der Waals surface area contributed by atoms with Crippen molar-refractivity contribution >= 4 is 16.9 Å². The molecule has 0 radical (unpaired) electrons. The van der Waals surface area contributed by atoms with Crippen molar-refractivity contribution in [2.45, 2.75) is 45.5 Å². The van der Waals surface area contributed by atoms with Gasteiger partial charge in [0.1, 0.15) is 17.4 Å². The van der Waals surface area contributed by atoms with Gasteiger partial charge in [0.25, 0.3) is 0 Å². The zero-order valence-corrected chi connectivity index (χ0v) is 16.0. The Morgan fingerprint density at radius 2 is 1.93 bits per heavy atom. The Balaban J connectivity index is 2.51. The van der Waals surface area contributed by atoms with Gasteiger partial charge in [-0.3, -0.25) is 0 Å². The van der Waals surface area contributed by atoms with Gasteiger partial charge < -0.3 is 24.1 Å². The molecule has 0 aliphatic rings. The lowest BCUT2D eigenvalue weighted by atomic mass is 9.91. The Kier molecular flexibility index (Phi) is 6.08. The number of benzene rings is 1. The van der Waals surface area contributed by atoms with E-state index >= 15 is 0 Å². The number of aliphatic hydroxyl groups is 2. The lowest BCUT2D eigenvalue weighted by molar-refractivity contribution is -0.171. The van der Waals surface area contributed by atoms with Gasteiger partial charge >= 0.3 is 11.6 Å². The maximum atomic E-state index is 12.0. The first-order valence-electron chi connectivity index (χ1n) is 8.40. The van der Waals surface area contributed by atoms with E-state index in [1.165, 1.54) is 39.2 Å². The van der Waals surface area contributed by atoms with E-state index < -0.39 is 29.4 Å². The number of methoxy groups -OCH3 is 1. The molecule has 2 atom stereocenters. The standard InChI is InChI=1S/C20H24O7/c1-11(2)8-17(22)27-19(20(3,4)24)18(23)13-9-12-6-7-16(21)26-14(12)10-15(13)25-5/h6-10,18-19,23-24H,1-5H3/t18-,19+/m1/s1. The number of hydrogen-bond acceptors (Lipinski definition) is 7. The van der Waals surface area contributed by atoms with E-state index in [9.17, 15) is 19.8 Å². The molecule has 1 heterocycles. The Bertz CT molecular complexity index is 914. The second kappa shape index (κ2) is 7.94. The molecular weight excluding hydrogens is 352 g/mol. The summed E-state index contributed by atoms with van der Waals surface area (Å²) in [5, 5.41) is 21.9. The highest BCUT2D eigenvalue weighted by Crippen LogP contribution is 2.35. The van der Waals surface area contributed by atoms with Crippen LogP contribution in [0.5, 0.6) is 5.75 Å². The maximum absolute atomic E-state index is 12.0. The summed E-state index contributed by atoms with van der Waals surface area (Å²) >= 11 is 0. The molecule has 27 heavy (non-hydrogen) atoms. The minimum atomic E-state index is -1.53. The molecule has 0 amide bonds. The monoisotopic (exact) mass is 376 g/mol. The molecule has 2 aromatic rings. The summed E-state index contributed by atoms with van der Waals surface area (Å²) in [5.74, 6) is -0.441. The summed E-state index contributed by atoms with van der Waals surface area (Å²) in [4.78, 5) is 23.4. The number of rotatable bonds is 6. The van der Waals surface area contributed by atoms with Gasteiger partial charge in [0.15, 0.2) is 6.10 Å². The van der Waals surface area contributed by atoms with Crippen molar-refractivity contribution in [1.29, 1.82) is 0 Å². The van der Waals surface area contributed by atoms with Gasteiger partial charge in [-0.05, 0) is 39.8 Å². The van der Waals surface area contributed by atoms with E-state index in [1.54, 1.807) is 26.0 Å². The first-order chi connectivity index (χ1) is 12.5. The van der Waals surface area contributed by atoms with Crippen molar-refractivity contribution in [2.24, 2.45) is 0 Å². The Hall–Kier alpha value is -2.64. The van der Waals surface area contributed by atoms with Gasteiger partial charge in [-0.2, -0.15) is 0 Å². The minimum Gasteiger partial charge on any atom is -0.496 e. The number of carbonyl (C=O) groups is 1. The number of esters is 1. The third kappa shape index (κ3) is 4.96. The van der Waals surface area contributed by atoms with Crippen molar-refractivity contribution < 1.29 is 28.9 Å². The fourth-order valence-electron chi connectivity index (χ4n) is 2.68. The third-order valence-corrected chi connectivity index (χ3v) is 3.92. The summed E-state index contributed by atoms with van der Waals surface area (Å²) in [5.41, 5.74) is -0.744. The number of hydrogen-bond donors (Lipinski definition) is 2. The van der Waals surface area contributed by atoms with E-state index in [1.807, 2.05) is 0 Å². The number of allylic oxidation sites excluding steroid dienone is 1. The van der Waals surface area contributed by atoms with Crippen molar-refractivity contribution in [3.8, 4) is 5.75 Å². The van der Waals surface area contributed by atoms with Crippen LogP contribution in [-0.4, -0.2) is 35.0 Å². The smallest absolute Gasteiger partial charge is 0.336 e. The minimum absolute atomic E-state index is 0.233. The van der Waals surface area contributed by atoms with E-state index in [0.717, 1.165) is 5.57 Å². The summed E-state index contributed by atoms with van der Waals surface area (Å²) in [6, 6.07) is 5.84. The van der Waals surface area contributed by atoms with E-state index in [2.05, 4.69) is 0 Å². The van der Waals surface area contributed by atoms with Crippen LogP contribution in [0.25, 0.3) is 11.0 Å². The molecule has 0 saturated carbocycles. The number of aliphatic hydroxyl groups excluding tert-OH is 1. The normalized spacial score (nSPS) is 13.7. The average Bonchev–Trinajstić information content (AvgIpc) is 2.56. The molecular formula is C20H24O7. The molecule has 0 spiro atoms. The quantitative estimate of drug-likeness (QED) is 0.453. The van der Waals surface area contributed by atoms with Gasteiger partial charge in [-0.1, -0.05) is 5.57 Å². The molecule has 0 bridgehead atoms. The zero-order valence-electron chi connectivity index (χ0n) is 16.0. The van der Waals surface area contributed by atoms with Crippen LogP contribution in [0, 0.1) is 0 Å². The molecule has 0 saturated heterocycles.